The molecule has 16 heavy (non-hydrogen) atoms. The molecule has 1 unspecified atom stereocenters. The minimum Gasteiger partial charge on any atom is -0.508 e. The lowest BCUT2D eigenvalue weighted by Crippen LogP contribution is -2.28. The molecule has 0 radical (unpaired) electrons. The van der Waals surface area contributed by atoms with Crippen molar-refractivity contribution in [3.8, 4) is 5.75 Å². The van der Waals surface area contributed by atoms with E-state index >= 15 is 0 Å². The SMILES string of the molecule is Oc1ccccc1CNCC1CSCCS1. The van der Waals surface area contributed by atoms with E-state index < -0.39 is 0 Å². The van der Waals surface area contributed by atoms with Gasteiger partial charge in [0.1, 0.15) is 5.75 Å². The third-order valence-electron chi connectivity index (χ3n) is 2.56. The normalized spacial score (nSPS) is 20.9. The fraction of sp³-hybridized carbons (Fsp3) is 0.500. The van der Waals surface area contributed by atoms with Crippen molar-refractivity contribution in [2.24, 2.45) is 0 Å². The molecule has 4 heteroatoms. The van der Waals surface area contributed by atoms with Crippen molar-refractivity contribution >= 4 is 23.5 Å². The van der Waals surface area contributed by atoms with Gasteiger partial charge in [-0.15, -0.1) is 0 Å². The van der Waals surface area contributed by atoms with Gasteiger partial charge in [-0.05, 0) is 6.07 Å². The Bertz CT molecular complexity index is 327. The lowest BCUT2D eigenvalue weighted by atomic mass is 10.2. The molecule has 1 atom stereocenters. The molecule has 1 aliphatic heterocycles. The zero-order valence-corrected chi connectivity index (χ0v) is 10.8. The van der Waals surface area contributed by atoms with Gasteiger partial charge in [0.05, 0.1) is 0 Å². The molecule has 0 aromatic heterocycles. The van der Waals surface area contributed by atoms with Gasteiger partial charge in [0.25, 0.3) is 0 Å². The van der Waals surface area contributed by atoms with Crippen molar-refractivity contribution in [3.63, 3.8) is 0 Å². The highest BCUT2D eigenvalue weighted by Gasteiger charge is 2.13. The average molecular weight is 255 g/mol. The van der Waals surface area contributed by atoms with Crippen molar-refractivity contribution in [2.45, 2.75) is 11.8 Å². The fourth-order valence-corrected chi connectivity index (χ4v) is 4.33. The summed E-state index contributed by atoms with van der Waals surface area (Å²) in [6, 6.07) is 7.52. The lowest BCUT2D eigenvalue weighted by molar-refractivity contribution is 0.464. The van der Waals surface area contributed by atoms with Gasteiger partial charge < -0.3 is 10.4 Å². The van der Waals surface area contributed by atoms with Crippen molar-refractivity contribution < 1.29 is 5.11 Å². The summed E-state index contributed by atoms with van der Waals surface area (Å²) in [5.74, 6) is 4.20. The Balaban J connectivity index is 1.73. The Labute approximate surface area is 105 Å². The Morgan fingerprint density at radius 2 is 2.19 bits per heavy atom. The highest BCUT2D eigenvalue weighted by molar-refractivity contribution is 8.06. The second kappa shape index (κ2) is 6.42. The van der Waals surface area contributed by atoms with Gasteiger partial charge in [-0.3, -0.25) is 0 Å². The van der Waals surface area contributed by atoms with Crippen molar-refractivity contribution in [2.75, 3.05) is 23.8 Å². The molecular weight excluding hydrogens is 238 g/mol. The Morgan fingerprint density at radius 3 is 2.94 bits per heavy atom. The molecule has 0 aliphatic carbocycles. The summed E-state index contributed by atoms with van der Waals surface area (Å²) in [5.41, 5.74) is 0.982. The molecule has 1 fully saturated rings. The molecule has 1 heterocycles. The Hall–Kier alpha value is -0.320. The first-order chi connectivity index (χ1) is 7.86. The summed E-state index contributed by atoms with van der Waals surface area (Å²) >= 11 is 4.10. The van der Waals surface area contributed by atoms with Crippen LogP contribution in [0.1, 0.15) is 5.56 Å². The van der Waals surface area contributed by atoms with E-state index in [2.05, 4.69) is 17.1 Å². The van der Waals surface area contributed by atoms with Crippen LogP contribution in [0, 0.1) is 0 Å². The van der Waals surface area contributed by atoms with Crippen molar-refractivity contribution in [1.29, 1.82) is 0 Å². The van der Waals surface area contributed by atoms with Crippen molar-refractivity contribution in [3.05, 3.63) is 29.8 Å². The van der Waals surface area contributed by atoms with E-state index in [0.717, 1.165) is 23.9 Å². The van der Waals surface area contributed by atoms with E-state index in [0.29, 0.717) is 5.75 Å². The monoisotopic (exact) mass is 255 g/mol. The van der Waals surface area contributed by atoms with Gasteiger partial charge in [0.15, 0.2) is 0 Å². The largest absolute Gasteiger partial charge is 0.508 e. The second-order valence-corrected chi connectivity index (χ2v) is 6.39. The second-order valence-electron chi connectivity index (χ2n) is 3.83. The minimum atomic E-state index is 0.390. The molecule has 2 nitrogen and oxygen atoms in total. The summed E-state index contributed by atoms with van der Waals surface area (Å²) in [5, 5.41) is 13.7. The first-order valence-electron chi connectivity index (χ1n) is 5.53. The summed E-state index contributed by atoms with van der Waals surface area (Å²) in [6.07, 6.45) is 0. The smallest absolute Gasteiger partial charge is 0.120 e. The van der Waals surface area contributed by atoms with E-state index in [1.165, 1.54) is 17.3 Å². The number of benzene rings is 1. The topological polar surface area (TPSA) is 32.3 Å². The maximum Gasteiger partial charge on any atom is 0.120 e. The summed E-state index contributed by atoms with van der Waals surface area (Å²) in [4.78, 5) is 0. The van der Waals surface area contributed by atoms with Crippen LogP contribution in [0.5, 0.6) is 5.75 Å². The van der Waals surface area contributed by atoms with Crippen LogP contribution in [0.3, 0.4) is 0 Å². The summed E-state index contributed by atoms with van der Waals surface area (Å²) in [6.45, 7) is 1.79. The summed E-state index contributed by atoms with van der Waals surface area (Å²) in [7, 11) is 0. The van der Waals surface area contributed by atoms with E-state index in [1.54, 1.807) is 6.07 Å². The maximum absolute atomic E-state index is 9.60. The molecular formula is C12H17NOS2. The number of rotatable bonds is 4. The molecule has 0 bridgehead atoms. The van der Waals surface area contributed by atoms with Gasteiger partial charge in [-0.2, -0.15) is 23.5 Å². The van der Waals surface area contributed by atoms with Gasteiger partial charge in [0, 0.05) is 41.2 Å². The summed E-state index contributed by atoms with van der Waals surface area (Å²) < 4.78 is 0. The molecule has 2 rings (SSSR count). The number of phenols is 1. The third kappa shape index (κ3) is 3.61. The number of hydrogen-bond donors (Lipinski definition) is 2. The Morgan fingerprint density at radius 1 is 1.31 bits per heavy atom. The zero-order chi connectivity index (χ0) is 11.2. The average Bonchev–Trinajstić information content (AvgIpc) is 2.33. The van der Waals surface area contributed by atoms with E-state index in [9.17, 15) is 5.11 Å². The third-order valence-corrected chi connectivity index (χ3v) is 5.41. The molecule has 1 aromatic carbocycles. The first-order valence-corrected chi connectivity index (χ1v) is 7.73. The number of para-hydroxylation sites is 1. The molecule has 0 amide bonds. The predicted octanol–water partition coefficient (Wildman–Crippen LogP) is 2.33. The number of hydrogen-bond acceptors (Lipinski definition) is 4. The van der Waals surface area contributed by atoms with Crippen LogP contribution in [0.25, 0.3) is 0 Å². The quantitative estimate of drug-likeness (QED) is 0.865. The first kappa shape index (κ1) is 12.1. The Kier molecular flexibility index (Phi) is 4.88. The fourth-order valence-electron chi connectivity index (χ4n) is 1.68. The van der Waals surface area contributed by atoms with Crippen LogP contribution >= 0.6 is 23.5 Å². The van der Waals surface area contributed by atoms with Crippen molar-refractivity contribution in [1.82, 2.24) is 5.32 Å². The molecule has 0 spiro atoms. The lowest BCUT2D eigenvalue weighted by Gasteiger charge is -2.21. The van der Waals surface area contributed by atoms with Crippen LogP contribution < -0.4 is 5.32 Å². The molecule has 1 aromatic rings. The molecule has 1 aliphatic rings. The molecule has 0 saturated carbocycles. The van der Waals surface area contributed by atoms with Crippen LogP contribution in [-0.4, -0.2) is 34.2 Å². The number of phenolic OH excluding ortho intramolecular Hbond substituents is 1. The van der Waals surface area contributed by atoms with Gasteiger partial charge in [0.2, 0.25) is 0 Å². The van der Waals surface area contributed by atoms with Gasteiger partial charge in [-0.25, -0.2) is 0 Å². The van der Waals surface area contributed by atoms with Crippen LogP contribution in [0.4, 0.5) is 0 Å². The highest BCUT2D eigenvalue weighted by atomic mass is 32.2. The van der Waals surface area contributed by atoms with E-state index in [4.69, 9.17) is 0 Å². The number of aromatic hydroxyl groups is 1. The standard InChI is InChI=1S/C12H17NOS2/c14-12-4-2-1-3-10(12)7-13-8-11-9-15-5-6-16-11/h1-4,11,13-14H,5-9H2. The zero-order valence-electron chi connectivity index (χ0n) is 9.19. The van der Waals surface area contributed by atoms with Crippen LogP contribution in [-0.2, 0) is 6.54 Å². The van der Waals surface area contributed by atoms with E-state index in [1.807, 2.05) is 30.0 Å². The van der Waals surface area contributed by atoms with Crippen LogP contribution in [0.15, 0.2) is 24.3 Å². The highest BCUT2D eigenvalue weighted by Crippen LogP contribution is 2.23. The molecule has 2 N–H and O–H groups in total. The van der Waals surface area contributed by atoms with Gasteiger partial charge >= 0.3 is 0 Å². The molecule has 1 saturated heterocycles. The number of nitrogens with one attached hydrogen (secondary N) is 1. The van der Waals surface area contributed by atoms with E-state index in [-0.39, 0.29) is 0 Å². The minimum absolute atomic E-state index is 0.390. The van der Waals surface area contributed by atoms with Crippen LogP contribution in [0.2, 0.25) is 0 Å². The molecule has 88 valence electrons. The predicted molar refractivity (Wildman–Crippen MR) is 73.4 cm³/mol. The number of thioether (sulfide) groups is 2. The van der Waals surface area contributed by atoms with Gasteiger partial charge in [-0.1, -0.05) is 18.2 Å². The maximum atomic E-state index is 9.60.